The van der Waals surface area contributed by atoms with Crippen LogP contribution in [-0.2, 0) is 24.2 Å². The number of anilines is 1. The molecule has 18 heavy (non-hydrogen) atoms. The van der Waals surface area contributed by atoms with E-state index in [0.717, 1.165) is 6.26 Å². The van der Waals surface area contributed by atoms with Gasteiger partial charge in [0.25, 0.3) is 5.91 Å². The summed E-state index contributed by atoms with van der Waals surface area (Å²) in [6.45, 7) is 0.727. The van der Waals surface area contributed by atoms with Gasteiger partial charge in [0, 0.05) is 13.2 Å². The molecule has 0 bridgehead atoms. The Morgan fingerprint density at radius 3 is 2.44 bits per heavy atom. The van der Waals surface area contributed by atoms with Crippen molar-refractivity contribution in [1.29, 1.82) is 0 Å². The molecule has 1 rings (SSSR count). The number of rotatable bonds is 4. The van der Waals surface area contributed by atoms with E-state index in [1.54, 1.807) is 12.1 Å². The number of para-hydroxylation sites is 1. The van der Waals surface area contributed by atoms with E-state index < -0.39 is 28.3 Å². The largest absolute Gasteiger partial charge is 0.456 e. The minimum Gasteiger partial charge on any atom is -0.456 e. The molecule has 6 nitrogen and oxygen atoms in total. The number of amides is 1. The number of hydrogen-bond acceptors (Lipinski definition) is 5. The van der Waals surface area contributed by atoms with Crippen LogP contribution in [0.2, 0.25) is 0 Å². The summed E-state index contributed by atoms with van der Waals surface area (Å²) >= 11 is 0. The van der Waals surface area contributed by atoms with Crippen LogP contribution in [0, 0.1) is 0 Å². The van der Waals surface area contributed by atoms with Crippen molar-refractivity contribution in [2.45, 2.75) is 11.8 Å². The van der Waals surface area contributed by atoms with Gasteiger partial charge in [0.15, 0.2) is 16.4 Å². The molecule has 0 radical (unpaired) electrons. The first-order valence-electron chi connectivity index (χ1n) is 5.03. The summed E-state index contributed by atoms with van der Waals surface area (Å²) in [7, 11) is -3.43. The van der Waals surface area contributed by atoms with Crippen LogP contribution in [0.25, 0.3) is 0 Å². The first-order chi connectivity index (χ1) is 8.30. The lowest BCUT2D eigenvalue weighted by atomic mass is 10.3. The number of hydrogen-bond donors (Lipinski definition) is 1. The minimum atomic E-state index is -3.43. The van der Waals surface area contributed by atoms with Crippen molar-refractivity contribution in [3.05, 3.63) is 24.3 Å². The summed E-state index contributed by atoms with van der Waals surface area (Å²) in [5.74, 6) is -1.18. The summed E-state index contributed by atoms with van der Waals surface area (Å²) in [6.07, 6.45) is 1.05. The zero-order valence-corrected chi connectivity index (χ0v) is 10.8. The number of benzene rings is 1. The van der Waals surface area contributed by atoms with E-state index in [1.165, 1.54) is 19.1 Å². The fourth-order valence-electron chi connectivity index (χ4n) is 1.25. The zero-order valence-electron chi connectivity index (χ0n) is 9.97. The van der Waals surface area contributed by atoms with Crippen LogP contribution in [-0.4, -0.2) is 33.2 Å². The first-order valence-corrected chi connectivity index (χ1v) is 6.92. The molecule has 0 atom stereocenters. The van der Waals surface area contributed by atoms with Gasteiger partial charge in [0.05, 0.1) is 10.6 Å². The van der Waals surface area contributed by atoms with E-state index in [-0.39, 0.29) is 10.6 Å². The molecule has 1 N–H and O–H groups in total. The molecule has 0 heterocycles. The summed E-state index contributed by atoms with van der Waals surface area (Å²) in [5.41, 5.74) is 0.164. The molecular weight excluding hydrogens is 258 g/mol. The fourth-order valence-corrected chi connectivity index (χ4v) is 2.09. The van der Waals surface area contributed by atoms with Crippen molar-refractivity contribution >= 4 is 27.4 Å². The van der Waals surface area contributed by atoms with E-state index in [0.29, 0.717) is 0 Å². The molecule has 7 heteroatoms. The maximum absolute atomic E-state index is 11.5. The number of carbonyl (C=O) groups is 2. The number of nitrogens with one attached hydrogen (secondary N) is 1. The molecule has 0 aromatic heterocycles. The van der Waals surface area contributed by atoms with Crippen LogP contribution in [0.15, 0.2) is 29.2 Å². The van der Waals surface area contributed by atoms with Crippen molar-refractivity contribution in [3.8, 4) is 0 Å². The van der Waals surface area contributed by atoms with E-state index in [1.807, 2.05) is 0 Å². The second kappa shape index (κ2) is 5.63. The van der Waals surface area contributed by atoms with Gasteiger partial charge in [-0.2, -0.15) is 0 Å². The van der Waals surface area contributed by atoms with Crippen molar-refractivity contribution in [3.63, 3.8) is 0 Å². The lowest BCUT2D eigenvalue weighted by Crippen LogP contribution is -2.21. The highest BCUT2D eigenvalue weighted by molar-refractivity contribution is 7.90. The van der Waals surface area contributed by atoms with Crippen molar-refractivity contribution in [1.82, 2.24) is 0 Å². The van der Waals surface area contributed by atoms with Gasteiger partial charge >= 0.3 is 5.97 Å². The van der Waals surface area contributed by atoms with Gasteiger partial charge in [-0.15, -0.1) is 0 Å². The van der Waals surface area contributed by atoms with Crippen LogP contribution in [0.3, 0.4) is 0 Å². The standard InChI is InChI=1S/C11H13NO5S/c1-8(13)17-7-11(14)12-9-5-3-4-6-10(9)18(2,15)16/h3-6H,7H2,1-2H3,(H,12,14). The Morgan fingerprint density at radius 2 is 1.89 bits per heavy atom. The Labute approximate surface area is 105 Å². The fraction of sp³-hybridized carbons (Fsp3) is 0.273. The Morgan fingerprint density at radius 1 is 1.28 bits per heavy atom. The maximum Gasteiger partial charge on any atom is 0.303 e. The van der Waals surface area contributed by atoms with Gasteiger partial charge in [0.1, 0.15) is 0 Å². The maximum atomic E-state index is 11.5. The van der Waals surface area contributed by atoms with Gasteiger partial charge in [-0.05, 0) is 12.1 Å². The quantitative estimate of drug-likeness (QED) is 0.809. The predicted molar refractivity (Wildman–Crippen MR) is 64.8 cm³/mol. The molecule has 0 fully saturated rings. The Kier molecular flexibility index (Phi) is 4.43. The van der Waals surface area contributed by atoms with E-state index in [4.69, 9.17) is 0 Å². The molecule has 0 aliphatic carbocycles. The molecule has 0 unspecified atom stereocenters. The van der Waals surface area contributed by atoms with Crippen LogP contribution in [0.1, 0.15) is 6.92 Å². The van der Waals surface area contributed by atoms with E-state index in [9.17, 15) is 18.0 Å². The van der Waals surface area contributed by atoms with E-state index in [2.05, 4.69) is 10.1 Å². The number of sulfone groups is 1. The second-order valence-electron chi connectivity index (χ2n) is 3.60. The predicted octanol–water partition coefficient (Wildman–Crippen LogP) is 0.592. The van der Waals surface area contributed by atoms with Gasteiger partial charge in [-0.3, -0.25) is 9.59 Å². The summed E-state index contributed by atoms with van der Waals surface area (Å²) in [5, 5.41) is 2.38. The van der Waals surface area contributed by atoms with Crippen molar-refractivity contribution in [2.75, 3.05) is 18.2 Å². The Balaban J connectivity index is 2.85. The van der Waals surface area contributed by atoms with Crippen LogP contribution < -0.4 is 5.32 Å². The molecule has 98 valence electrons. The number of carbonyl (C=O) groups excluding carboxylic acids is 2. The SMILES string of the molecule is CC(=O)OCC(=O)Nc1ccccc1S(C)(=O)=O. The number of esters is 1. The summed E-state index contributed by atoms with van der Waals surface area (Å²) in [6, 6.07) is 5.99. The monoisotopic (exact) mass is 271 g/mol. The smallest absolute Gasteiger partial charge is 0.303 e. The molecule has 1 aromatic carbocycles. The highest BCUT2D eigenvalue weighted by atomic mass is 32.2. The third-order valence-corrected chi connectivity index (χ3v) is 3.12. The topological polar surface area (TPSA) is 89.5 Å². The third-order valence-electron chi connectivity index (χ3n) is 1.97. The van der Waals surface area contributed by atoms with Gasteiger partial charge < -0.3 is 10.1 Å². The minimum absolute atomic E-state index is 0.0150. The summed E-state index contributed by atoms with van der Waals surface area (Å²) in [4.78, 5) is 22.0. The highest BCUT2D eigenvalue weighted by Gasteiger charge is 2.14. The molecule has 0 aliphatic rings. The van der Waals surface area contributed by atoms with E-state index >= 15 is 0 Å². The molecule has 0 aliphatic heterocycles. The Hall–Kier alpha value is -1.89. The third kappa shape index (κ3) is 4.17. The number of ether oxygens (including phenoxy) is 1. The highest BCUT2D eigenvalue weighted by Crippen LogP contribution is 2.20. The van der Waals surface area contributed by atoms with Crippen molar-refractivity contribution < 1.29 is 22.7 Å². The van der Waals surface area contributed by atoms with Gasteiger partial charge in [0.2, 0.25) is 0 Å². The lowest BCUT2D eigenvalue weighted by molar-refractivity contribution is -0.144. The van der Waals surface area contributed by atoms with Crippen LogP contribution in [0.5, 0.6) is 0 Å². The van der Waals surface area contributed by atoms with Crippen LogP contribution >= 0.6 is 0 Å². The second-order valence-corrected chi connectivity index (χ2v) is 5.58. The van der Waals surface area contributed by atoms with Crippen molar-refractivity contribution in [2.24, 2.45) is 0 Å². The lowest BCUT2D eigenvalue weighted by Gasteiger charge is -2.09. The van der Waals surface area contributed by atoms with Crippen LogP contribution in [0.4, 0.5) is 5.69 Å². The Bertz CT molecular complexity index is 565. The average molecular weight is 271 g/mol. The molecular formula is C11H13NO5S. The molecule has 0 saturated carbocycles. The van der Waals surface area contributed by atoms with Gasteiger partial charge in [-0.1, -0.05) is 12.1 Å². The van der Waals surface area contributed by atoms with Gasteiger partial charge in [-0.25, -0.2) is 8.42 Å². The zero-order chi connectivity index (χ0) is 13.8. The summed E-state index contributed by atoms with van der Waals surface area (Å²) < 4.78 is 27.4. The average Bonchev–Trinajstić information content (AvgIpc) is 2.25. The molecule has 1 aromatic rings. The molecule has 0 saturated heterocycles. The molecule has 0 spiro atoms. The first kappa shape index (κ1) is 14.2. The normalized spacial score (nSPS) is 10.8. The molecule has 1 amide bonds.